The van der Waals surface area contributed by atoms with E-state index in [9.17, 15) is 38.1 Å². The summed E-state index contributed by atoms with van der Waals surface area (Å²) >= 11 is 0. The second kappa shape index (κ2) is 10.8. The lowest BCUT2D eigenvalue weighted by Crippen LogP contribution is -2.13. The van der Waals surface area contributed by atoms with Crippen molar-refractivity contribution in [3.05, 3.63) is 95.2 Å². The van der Waals surface area contributed by atoms with Crippen LogP contribution in [0, 0.1) is 5.92 Å². The first kappa shape index (κ1) is 26.5. The van der Waals surface area contributed by atoms with E-state index in [1.165, 1.54) is 48.7 Å². The van der Waals surface area contributed by atoms with Gasteiger partial charge in [0.25, 0.3) is 5.91 Å². The Bertz CT molecular complexity index is 1530. The Morgan fingerprint density at radius 1 is 0.974 bits per heavy atom. The molecule has 0 saturated carbocycles. The monoisotopic (exact) mass is 522 g/mol. The van der Waals surface area contributed by atoms with Crippen molar-refractivity contribution in [1.29, 1.82) is 0 Å². The summed E-state index contributed by atoms with van der Waals surface area (Å²) < 4.78 is 39.4. The van der Waals surface area contributed by atoms with Crippen LogP contribution in [0.15, 0.2) is 77.8 Å². The minimum atomic E-state index is -4.53. The Hall–Kier alpha value is -4.57. The maximum Gasteiger partial charge on any atom is 0.416 e. The molecule has 0 aliphatic carbocycles. The number of carbonyl (C=O) groups excluding carboxylic acids is 1. The lowest BCUT2D eigenvalue weighted by molar-refractivity contribution is -0.137. The van der Waals surface area contributed by atoms with E-state index < -0.39 is 29.5 Å². The summed E-state index contributed by atoms with van der Waals surface area (Å²) in [5.74, 6) is -2.59. The number of aromatic carboxylic acids is 1. The molecule has 1 unspecified atom stereocenters. The summed E-state index contributed by atoms with van der Waals surface area (Å²) in [4.78, 5) is 32.8. The number of hydrogen-bond donors (Lipinski definition) is 3. The second-order valence-electron chi connectivity index (χ2n) is 8.57. The van der Waals surface area contributed by atoms with Gasteiger partial charge in [0.1, 0.15) is 11.4 Å². The number of halogens is 3. The van der Waals surface area contributed by atoms with Crippen molar-refractivity contribution in [2.45, 2.75) is 12.6 Å². The van der Waals surface area contributed by atoms with Gasteiger partial charge in [-0.2, -0.15) is 13.2 Å². The maximum absolute atomic E-state index is 13.1. The van der Waals surface area contributed by atoms with E-state index in [0.717, 1.165) is 23.8 Å². The molecule has 0 aliphatic heterocycles. The van der Waals surface area contributed by atoms with Gasteiger partial charge in [0.2, 0.25) is 0 Å². The summed E-state index contributed by atoms with van der Waals surface area (Å²) in [6.07, 6.45) is -2.93. The quantitative estimate of drug-likeness (QED) is 0.280. The van der Waals surface area contributed by atoms with Crippen LogP contribution in [-0.4, -0.2) is 45.0 Å². The number of aliphatic hydroxyl groups excluding tert-OH is 1. The van der Waals surface area contributed by atoms with Crippen LogP contribution in [0.5, 0.6) is 5.75 Å². The number of fused-ring (bicyclic) bond motifs is 1. The molecule has 0 radical (unpaired) electrons. The number of phenols is 1. The van der Waals surface area contributed by atoms with Gasteiger partial charge in [-0.25, -0.2) is 14.8 Å². The van der Waals surface area contributed by atoms with Crippen LogP contribution in [0.4, 0.5) is 13.2 Å². The number of aliphatic imine (C=N–C) groups is 1. The summed E-state index contributed by atoms with van der Waals surface area (Å²) in [7, 11) is 0. The van der Waals surface area contributed by atoms with Gasteiger partial charge in [-0.15, -0.1) is 0 Å². The Kier molecular flexibility index (Phi) is 7.54. The van der Waals surface area contributed by atoms with Crippen molar-refractivity contribution in [1.82, 2.24) is 4.98 Å². The van der Waals surface area contributed by atoms with Crippen LogP contribution >= 0.6 is 0 Å². The smallest absolute Gasteiger partial charge is 0.416 e. The first-order valence-electron chi connectivity index (χ1n) is 11.4. The molecule has 0 aliphatic rings. The van der Waals surface area contributed by atoms with E-state index in [2.05, 4.69) is 9.98 Å². The SMILES string of the molecule is O=C(N=CC(CO)Cc1ccc(O)cc1)c1cc(C(=O)O)c2cc(-c3cccc(C(F)(F)F)c3)ccc2n1. The molecule has 4 rings (SSSR count). The van der Waals surface area contributed by atoms with Crippen molar-refractivity contribution >= 4 is 29.0 Å². The lowest BCUT2D eigenvalue weighted by Gasteiger charge is -2.11. The number of rotatable bonds is 7. The molecule has 3 N–H and O–H groups in total. The molecule has 7 nitrogen and oxygen atoms in total. The average Bonchev–Trinajstić information content (AvgIpc) is 2.90. The number of aromatic hydroxyl groups is 1. The minimum absolute atomic E-state index is 0.0942. The Morgan fingerprint density at radius 3 is 2.34 bits per heavy atom. The predicted molar refractivity (Wildman–Crippen MR) is 134 cm³/mol. The number of aromatic nitrogens is 1. The molecule has 1 aromatic heterocycles. The predicted octanol–water partition coefficient (Wildman–Crippen LogP) is 5.39. The Morgan fingerprint density at radius 2 is 1.68 bits per heavy atom. The molecule has 10 heteroatoms. The van der Waals surface area contributed by atoms with Crippen LogP contribution in [0.3, 0.4) is 0 Å². The van der Waals surface area contributed by atoms with Crippen molar-refractivity contribution in [3.8, 4) is 16.9 Å². The number of carboxylic acid groups (broad SMARTS) is 1. The average molecular weight is 522 g/mol. The zero-order chi connectivity index (χ0) is 27.4. The third-order valence-corrected chi connectivity index (χ3v) is 5.85. The standard InChI is InChI=1S/C28H21F3N2O5/c29-28(30,31)20-3-1-2-18(11-20)19-6-9-24-22(12-19)23(27(37)38)13-25(33-24)26(36)32-14-17(15-34)10-16-4-7-21(35)8-5-16/h1-9,11-14,17,34-35H,10,15H2,(H,37,38). The van der Waals surface area contributed by atoms with Gasteiger partial charge in [0.05, 0.1) is 23.3 Å². The number of carboxylic acids is 1. The molecule has 0 saturated heterocycles. The summed E-state index contributed by atoms with van der Waals surface area (Å²) in [6.45, 7) is -0.304. The highest BCUT2D eigenvalue weighted by Crippen LogP contribution is 2.33. The minimum Gasteiger partial charge on any atom is -0.508 e. The molecule has 194 valence electrons. The number of aliphatic hydroxyl groups is 1. The van der Waals surface area contributed by atoms with Crippen molar-refractivity contribution < 1.29 is 38.1 Å². The third-order valence-electron chi connectivity index (χ3n) is 5.85. The van der Waals surface area contributed by atoms with E-state index >= 15 is 0 Å². The van der Waals surface area contributed by atoms with E-state index in [4.69, 9.17) is 0 Å². The van der Waals surface area contributed by atoms with Gasteiger partial charge in [-0.05, 0) is 65.6 Å². The molecule has 3 aromatic carbocycles. The van der Waals surface area contributed by atoms with Crippen LogP contribution in [0.2, 0.25) is 0 Å². The fourth-order valence-electron chi connectivity index (χ4n) is 3.91. The third kappa shape index (κ3) is 6.04. The van der Waals surface area contributed by atoms with E-state index in [1.807, 2.05) is 0 Å². The molecule has 38 heavy (non-hydrogen) atoms. The number of alkyl halides is 3. The number of hydrogen-bond acceptors (Lipinski definition) is 5. The Labute approximate surface area is 214 Å². The van der Waals surface area contributed by atoms with Gasteiger partial charge in [0.15, 0.2) is 0 Å². The normalized spacial score (nSPS) is 12.6. The van der Waals surface area contributed by atoms with Crippen LogP contribution in [0.1, 0.15) is 32.0 Å². The lowest BCUT2D eigenvalue weighted by atomic mass is 9.98. The molecule has 1 atom stereocenters. The number of amides is 1. The van der Waals surface area contributed by atoms with Crippen LogP contribution < -0.4 is 0 Å². The molecule has 1 amide bonds. The Balaban J connectivity index is 1.64. The molecular weight excluding hydrogens is 501 g/mol. The fourth-order valence-corrected chi connectivity index (χ4v) is 3.91. The number of benzene rings is 3. The van der Waals surface area contributed by atoms with Crippen LogP contribution in [0.25, 0.3) is 22.0 Å². The highest BCUT2D eigenvalue weighted by Gasteiger charge is 2.30. The number of carbonyl (C=O) groups is 2. The van der Waals surface area contributed by atoms with Gasteiger partial charge >= 0.3 is 12.1 Å². The zero-order valence-corrected chi connectivity index (χ0v) is 19.7. The molecular formula is C28H21F3N2O5. The maximum atomic E-state index is 13.1. The van der Waals surface area contributed by atoms with E-state index in [1.54, 1.807) is 12.1 Å². The molecule has 1 heterocycles. The summed E-state index contributed by atoms with van der Waals surface area (Å²) in [5.41, 5.74) is 0.217. The first-order valence-corrected chi connectivity index (χ1v) is 11.4. The largest absolute Gasteiger partial charge is 0.508 e. The number of nitrogens with zero attached hydrogens (tertiary/aromatic N) is 2. The van der Waals surface area contributed by atoms with Crippen LogP contribution in [-0.2, 0) is 12.6 Å². The van der Waals surface area contributed by atoms with E-state index in [0.29, 0.717) is 12.0 Å². The van der Waals surface area contributed by atoms with Crippen molar-refractivity contribution in [3.63, 3.8) is 0 Å². The molecule has 0 fully saturated rings. The fraction of sp³-hybridized carbons (Fsp3) is 0.143. The van der Waals surface area contributed by atoms with Gasteiger partial charge < -0.3 is 15.3 Å². The summed E-state index contributed by atoms with van der Waals surface area (Å²) in [5, 5.41) is 29.0. The molecule has 0 bridgehead atoms. The zero-order valence-electron chi connectivity index (χ0n) is 19.7. The topological polar surface area (TPSA) is 120 Å². The highest BCUT2D eigenvalue weighted by molar-refractivity contribution is 6.07. The van der Waals surface area contributed by atoms with Crippen molar-refractivity contribution in [2.75, 3.05) is 6.61 Å². The van der Waals surface area contributed by atoms with Gasteiger partial charge in [-0.3, -0.25) is 4.79 Å². The highest BCUT2D eigenvalue weighted by atomic mass is 19.4. The molecule has 4 aromatic rings. The number of phenolic OH excluding ortho intramolecular Hbond substituents is 1. The first-order chi connectivity index (χ1) is 18.0. The number of pyridine rings is 1. The van der Waals surface area contributed by atoms with E-state index in [-0.39, 0.29) is 40.1 Å². The van der Waals surface area contributed by atoms with Gasteiger partial charge in [0, 0.05) is 17.5 Å². The second-order valence-corrected chi connectivity index (χ2v) is 8.57. The molecule has 0 spiro atoms. The van der Waals surface area contributed by atoms with Crippen molar-refractivity contribution in [2.24, 2.45) is 10.9 Å². The summed E-state index contributed by atoms with van der Waals surface area (Å²) in [6, 6.07) is 16.4. The van der Waals surface area contributed by atoms with Gasteiger partial charge in [-0.1, -0.05) is 30.3 Å².